The summed E-state index contributed by atoms with van der Waals surface area (Å²) >= 11 is 0. The molecule has 0 bridgehead atoms. The third-order valence-electron chi connectivity index (χ3n) is 5.01. The van der Waals surface area contributed by atoms with Gasteiger partial charge in [0.05, 0.1) is 17.7 Å². The highest BCUT2D eigenvalue weighted by Crippen LogP contribution is 2.31. The first-order valence-corrected chi connectivity index (χ1v) is 10.0. The summed E-state index contributed by atoms with van der Waals surface area (Å²) in [6.45, 7) is 2.21. The molecule has 0 radical (unpaired) electrons. The smallest absolute Gasteiger partial charge is 0.222 e. The molecule has 8 heteroatoms. The van der Waals surface area contributed by atoms with Crippen LogP contribution in [0.4, 0.5) is 11.6 Å². The number of aromatic nitrogens is 4. The molecule has 152 valence electrons. The number of benzene rings is 1. The number of rotatable bonds is 7. The van der Waals surface area contributed by atoms with Crippen LogP contribution in [0.5, 0.6) is 5.75 Å². The lowest BCUT2D eigenvalue weighted by Crippen LogP contribution is -2.31. The standard InChI is InChI=1S/C21H26N6O2/c1-14(28)13-26-16-11-18-20(23-10-9-22-18)19(12-16)29-17-5-3-15(4-6-17)27-21-24-7-2-8-25-21/h2,7-12,14-15,17,26,28H,3-6,13H2,1H3,(H,24,25,27)/t14-,15?,17?/m1/s1. The molecule has 1 aliphatic rings. The molecule has 0 spiro atoms. The Morgan fingerprint density at radius 3 is 2.55 bits per heavy atom. The highest BCUT2D eigenvalue weighted by molar-refractivity contribution is 5.85. The van der Waals surface area contributed by atoms with Gasteiger partial charge in [-0.05, 0) is 44.7 Å². The normalized spacial score (nSPS) is 20.2. The van der Waals surface area contributed by atoms with Gasteiger partial charge in [0.1, 0.15) is 11.3 Å². The molecule has 3 aromatic rings. The molecule has 1 aliphatic carbocycles. The predicted molar refractivity (Wildman–Crippen MR) is 112 cm³/mol. The summed E-state index contributed by atoms with van der Waals surface area (Å²) in [4.78, 5) is 17.4. The maximum atomic E-state index is 9.55. The summed E-state index contributed by atoms with van der Waals surface area (Å²) in [5.41, 5.74) is 2.40. The molecule has 0 unspecified atom stereocenters. The van der Waals surface area contributed by atoms with E-state index in [1.165, 1.54) is 0 Å². The fourth-order valence-corrected chi connectivity index (χ4v) is 3.56. The van der Waals surface area contributed by atoms with Crippen molar-refractivity contribution in [2.24, 2.45) is 0 Å². The predicted octanol–water partition coefficient (Wildman–Crippen LogP) is 3.01. The highest BCUT2D eigenvalue weighted by atomic mass is 16.5. The van der Waals surface area contributed by atoms with Gasteiger partial charge in [0.15, 0.2) is 0 Å². The molecule has 29 heavy (non-hydrogen) atoms. The number of fused-ring (bicyclic) bond motifs is 1. The van der Waals surface area contributed by atoms with Gasteiger partial charge in [0.2, 0.25) is 5.95 Å². The van der Waals surface area contributed by atoms with Gasteiger partial charge in [-0.3, -0.25) is 4.98 Å². The molecule has 1 aromatic carbocycles. The van der Waals surface area contributed by atoms with Gasteiger partial charge in [0.25, 0.3) is 0 Å². The Hall–Kier alpha value is -3.00. The van der Waals surface area contributed by atoms with Crippen LogP contribution in [0.15, 0.2) is 43.0 Å². The first-order chi connectivity index (χ1) is 14.2. The van der Waals surface area contributed by atoms with E-state index in [0.717, 1.165) is 48.2 Å². The van der Waals surface area contributed by atoms with E-state index in [9.17, 15) is 5.11 Å². The molecular weight excluding hydrogens is 368 g/mol. The number of hydrogen-bond donors (Lipinski definition) is 3. The Morgan fingerprint density at radius 1 is 1.03 bits per heavy atom. The van der Waals surface area contributed by atoms with Crippen LogP contribution in [0.25, 0.3) is 11.0 Å². The lowest BCUT2D eigenvalue weighted by atomic mass is 9.93. The molecule has 1 fully saturated rings. The minimum absolute atomic E-state index is 0.127. The maximum Gasteiger partial charge on any atom is 0.222 e. The number of hydrogen-bond acceptors (Lipinski definition) is 8. The largest absolute Gasteiger partial charge is 0.488 e. The molecule has 1 saturated carbocycles. The third-order valence-corrected chi connectivity index (χ3v) is 5.01. The summed E-state index contributed by atoms with van der Waals surface area (Å²) in [7, 11) is 0. The number of aliphatic hydroxyl groups is 1. The molecule has 3 N–H and O–H groups in total. The number of anilines is 2. The second-order valence-corrected chi connectivity index (χ2v) is 7.44. The van der Waals surface area contributed by atoms with Crippen LogP contribution in [0.3, 0.4) is 0 Å². The van der Waals surface area contributed by atoms with Gasteiger partial charge in [0, 0.05) is 49.1 Å². The SMILES string of the molecule is C[C@@H](O)CNc1cc(OC2CCC(Nc3ncccn3)CC2)c2nccnc2c1. The van der Waals surface area contributed by atoms with Crippen molar-refractivity contribution in [3.8, 4) is 5.75 Å². The van der Waals surface area contributed by atoms with Crippen LogP contribution in [-0.2, 0) is 0 Å². The van der Waals surface area contributed by atoms with Crippen molar-refractivity contribution in [1.82, 2.24) is 19.9 Å². The van der Waals surface area contributed by atoms with Crippen LogP contribution < -0.4 is 15.4 Å². The van der Waals surface area contributed by atoms with Crippen LogP contribution in [-0.4, -0.2) is 49.8 Å². The van der Waals surface area contributed by atoms with Crippen molar-refractivity contribution >= 4 is 22.7 Å². The number of aliphatic hydroxyl groups excluding tert-OH is 1. The van der Waals surface area contributed by atoms with Crippen molar-refractivity contribution in [2.45, 2.75) is 50.9 Å². The lowest BCUT2D eigenvalue weighted by Gasteiger charge is -2.29. The van der Waals surface area contributed by atoms with Crippen molar-refractivity contribution < 1.29 is 9.84 Å². The zero-order valence-electron chi connectivity index (χ0n) is 16.5. The van der Waals surface area contributed by atoms with E-state index in [2.05, 4.69) is 30.6 Å². The van der Waals surface area contributed by atoms with E-state index < -0.39 is 6.10 Å². The molecule has 8 nitrogen and oxygen atoms in total. The number of nitrogens with zero attached hydrogens (tertiary/aromatic N) is 4. The summed E-state index contributed by atoms with van der Waals surface area (Å²) in [6.07, 6.45) is 10.4. The second-order valence-electron chi connectivity index (χ2n) is 7.44. The van der Waals surface area contributed by atoms with Crippen molar-refractivity contribution in [3.05, 3.63) is 43.0 Å². The number of ether oxygens (including phenoxy) is 1. The zero-order valence-corrected chi connectivity index (χ0v) is 16.5. The molecule has 1 atom stereocenters. The van der Waals surface area contributed by atoms with E-state index in [1.54, 1.807) is 31.7 Å². The van der Waals surface area contributed by atoms with E-state index >= 15 is 0 Å². The van der Waals surface area contributed by atoms with Crippen molar-refractivity contribution in [2.75, 3.05) is 17.2 Å². The summed E-state index contributed by atoms with van der Waals surface area (Å²) in [6, 6.07) is 6.04. The van der Waals surface area contributed by atoms with Gasteiger partial charge in [-0.1, -0.05) is 0 Å². The average Bonchev–Trinajstić information content (AvgIpc) is 2.74. The molecule has 2 aromatic heterocycles. The maximum absolute atomic E-state index is 9.55. The number of nitrogens with one attached hydrogen (secondary N) is 2. The van der Waals surface area contributed by atoms with Crippen molar-refractivity contribution in [1.29, 1.82) is 0 Å². The Labute approximate surface area is 169 Å². The fourth-order valence-electron chi connectivity index (χ4n) is 3.56. The summed E-state index contributed by atoms with van der Waals surface area (Å²) in [5, 5.41) is 16.2. The highest BCUT2D eigenvalue weighted by Gasteiger charge is 2.24. The van der Waals surface area contributed by atoms with Crippen LogP contribution in [0, 0.1) is 0 Å². The van der Waals surface area contributed by atoms with Gasteiger partial charge in [-0.25, -0.2) is 15.0 Å². The molecule has 4 rings (SSSR count). The van der Waals surface area contributed by atoms with Gasteiger partial charge in [-0.2, -0.15) is 0 Å². The van der Waals surface area contributed by atoms with Crippen molar-refractivity contribution in [3.63, 3.8) is 0 Å². The van der Waals surface area contributed by atoms with Gasteiger partial charge >= 0.3 is 0 Å². The Balaban J connectivity index is 1.42. The van der Waals surface area contributed by atoms with E-state index in [-0.39, 0.29) is 6.10 Å². The first-order valence-electron chi connectivity index (χ1n) is 10.0. The third kappa shape index (κ3) is 5.08. The Kier molecular flexibility index (Phi) is 6.00. The zero-order chi connectivity index (χ0) is 20.1. The molecule has 0 saturated heterocycles. The molecule has 0 amide bonds. The lowest BCUT2D eigenvalue weighted by molar-refractivity contribution is 0.151. The second kappa shape index (κ2) is 9.00. The average molecular weight is 394 g/mol. The fraction of sp³-hybridized carbons (Fsp3) is 0.429. The Morgan fingerprint density at radius 2 is 1.79 bits per heavy atom. The minimum atomic E-state index is -0.437. The van der Waals surface area contributed by atoms with E-state index in [4.69, 9.17) is 4.74 Å². The van der Waals surface area contributed by atoms with E-state index in [1.807, 2.05) is 18.2 Å². The first kappa shape index (κ1) is 19.3. The van der Waals surface area contributed by atoms with Crippen LogP contribution in [0.2, 0.25) is 0 Å². The van der Waals surface area contributed by atoms with E-state index in [0.29, 0.717) is 18.5 Å². The monoisotopic (exact) mass is 394 g/mol. The van der Waals surface area contributed by atoms with Gasteiger partial charge in [-0.15, -0.1) is 0 Å². The molecular formula is C21H26N6O2. The quantitative estimate of drug-likeness (QED) is 0.562. The minimum Gasteiger partial charge on any atom is -0.488 e. The molecule has 2 heterocycles. The van der Waals surface area contributed by atoms with Gasteiger partial charge < -0.3 is 20.5 Å². The Bertz CT molecular complexity index is 929. The molecule has 0 aliphatic heterocycles. The van der Waals surface area contributed by atoms with Crippen LogP contribution in [0.1, 0.15) is 32.6 Å². The van der Waals surface area contributed by atoms with Crippen LogP contribution >= 0.6 is 0 Å². The summed E-state index contributed by atoms with van der Waals surface area (Å²) < 4.78 is 6.35. The summed E-state index contributed by atoms with van der Waals surface area (Å²) in [5.74, 6) is 1.40. The topological polar surface area (TPSA) is 105 Å².